The van der Waals surface area contributed by atoms with E-state index in [4.69, 9.17) is 10.5 Å². The molecule has 2 rings (SSSR count). The first kappa shape index (κ1) is 14.2. The van der Waals surface area contributed by atoms with E-state index in [1.54, 1.807) is 17.5 Å². The molecule has 0 radical (unpaired) electrons. The summed E-state index contributed by atoms with van der Waals surface area (Å²) < 4.78 is 4.94. The fraction of sp³-hybridized carbons (Fsp3) is 0.214. The molecule has 1 aromatic heterocycles. The molecule has 1 aromatic carbocycles. The van der Waals surface area contributed by atoms with Crippen LogP contribution in [0.15, 0.2) is 29.6 Å². The Morgan fingerprint density at radius 3 is 2.60 bits per heavy atom. The molecule has 6 heteroatoms. The smallest absolute Gasteiger partial charge is 0.312 e. The second kappa shape index (κ2) is 6.29. The van der Waals surface area contributed by atoms with Crippen molar-refractivity contribution in [3.63, 3.8) is 0 Å². The average Bonchev–Trinajstić information content (AvgIpc) is 2.82. The van der Waals surface area contributed by atoms with E-state index in [9.17, 15) is 9.59 Å². The number of ketones is 1. The summed E-state index contributed by atoms with van der Waals surface area (Å²) in [5.74, 6) is -0.716. The van der Waals surface area contributed by atoms with Gasteiger partial charge in [0.25, 0.3) is 0 Å². The van der Waals surface area contributed by atoms with Gasteiger partial charge in [0.1, 0.15) is 0 Å². The topological polar surface area (TPSA) is 82.3 Å². The zero-order chi connectivity index (χ0) is 14.5. The van der Waals surface area contributed by atoms with Crippen LogP contribution in [0.2, 0.25) is 0 Å². The molecular formula is C14H14N2O3S. The third-order valence-electron chi connectivity index (χ3n) is 2.63. The van der Waals surface area contributed by atoms with Gasteiger partial charge in [-0.1, -0.05) is 29.8 Å². The van der Waals surface area contributed by atoms with Crippen molar-refractivity contribution < 1.29 is 14.3 Å². The molecule has 0 atom stereocenters. The maximum Gasteiger partial charge on any atom is 0.312 e. The Bertz CT molecular complexity index is 620. The lowest BCUT2D eigenvalue weighted by molar-refractivity contribution is -0.141. The number of hydrogen-bond acceptors (Lipinski definition) is 6. The lowest BCUT2D eigenvalue weighted by Crippen LogP contribution is -2.15. The second-order valence-electron chi connectivity index (χ2n) is 4.30. The summed E-state index contributed by atoms with van der Waals surface area (Å²) >= 11 is 1.26. The largest absolute Gasteiger partial charge is 0.457 e. The van der Waals surface area contributed by atoms with Gasteiger partial charge in [-0.25, -0.2) is 4.98 Å². The van der Waals surface area contributed by atoms with Crippen LogP contribution in [0.3, 0.4) is 0 Å². The molecular weight excluding hydrogens is 276 g/mol. The standard InChI is InChI=1S/C14H14N2O3S/c1-9-2-4-10(5-3-9)12(17)7-19-13(18)6-11-8-20-14(15)16-11/h2-5,8H,6-7H2,1H3,(H2,15,16). The number of carbonyl (C=O) groups excluding carboxylic acids is 2. The minimum Gasteiger partial charge on any atom is -0.457 e. The fourth-order valence-corrected chi connectivity index (χ4v) is 2.13. The summed E-state index contributed by atoms with van der Waals surface area (Å²) in [5, 5.41) is 2.10. The summed E-state index contributed by atoms with van der Waals surface area (Å²) in [6.45, 7) is 1.68. The highest BCUT2D eigenvalue weighted by Crippen LogP contribution is 2.12. The number of thiazole rings is 1. The highest BCUT2D eigenvalue weighted by atomic mass is 32.1. The fourth-order valence-electron chi connectivity index (χ4n) is 1.57. The van der Waals surface area contributed by atoms with E-state index >= 15 is 0 Å². The third kappa shape index (κ3) is 3.89. The Balaban J connectivity index is 1.84. The monoisotopic (exact) mass is 290 g/mol. The predicted molar refractivity (Wildman–Crippen MR) is 76.7 cm³/mol. The molecule has 1 heterocycles. The Morgan fingerprint density at radius 1 is 1.30 bits per heavy atom. The molecule has 0 bridgehead atoms. The van der Waals surface area contributed by atoms with Gasteiger partial charge in [-0.15, -0.1) is 11.3 Å². The van der Waals surface area contributed by atoms with E-state index in [0.717, 1.165) is 5.56 Å². The van der Waals surface area contributed by atoms with Crippen molar-refractivity contribution >= 4 is 28.2 Å². The number of aromatic nitrogens is 1. The third-order valence-corrected chi connectivity index (χ3v) is 3.36. The number of hydrogen-bond donors (Lipinski definition) is 1. The first-order chi connectivity index (χ1) is 9.54. The molecule has 0 saturated carbocycles. The number of benzene rings is 1. The van der Waals surface area contributed by atoms with E-state index in [-0.39, 0.29) is 18.8 Å². The summed E-state index contributed by atoms with van der Waals surface area (Å²) in [7, 11) is 0. The van der Waals surface area contributed by atoms with Crippen LogP contribution < -0.4 is 5.73 Å². The normalized spacial score (nSPS) is 10.2. The summed E-state index contributed by atoms with van der Waals surface area (Å²) in [4.78, 5) is 27.3. The zero-order valence-electron chi connectivity index (χ0n) is 11.0. The van der Waals surface area contributed by atoms with Crippen molar-refractivity contribution in [3.8, 4) is 0 Å². The van der Waals surface area contributed by atoms with Crippen molar-refractivity contribution in [1.82, 2.24) is 4.98 Å². The minimum absolute atomic E-state index is 0.0227. The summed E-state index contributed by atoms with van der Waals surface area (Å²) in [5.41, 5.74) is 7.62. The number of ether oxygens (including phenoxy) is 1. The number of nitrogens with zero attached hydrogens (tertiary/aromatic N) is 1. The van der Waals surface area contributed by atoms with Crippen molar-refractivity contribution in [1.29, 1.82) is 0 Å². The van der Waals surface area contributed by atoms with Crippen LogP contribution >= 0.6 is 11.3 Å². The molecule has 5 nitrogen and oxygen atoms in total. The number of Topliss-reactive ketones (excluding diaryl/α,β-unsaturated/α-hetero) is 1. The average molecular weight is 290 g/mol. The number of anilines is 1. The van der Waals surface area contributed by atoms with Crippen molar-refractivity contribution in [2.24, 2.45) is 0 Å². The number of esters is 1. The lowest BCUT2D eigenvalue weighted by atomic mass is 10.1. The van der Waals surface area contributed by atoms with Gasteiger partial charge >= 0.3 is 5.97 Å². The van der Waals surface area contributed by atoms with Gasteiger partial charge in [-0.2, -0.15) is 0 Å². The second-order valence-corrected chi connectivity index (χ2v) is 5.19. The molecule has 0 saturated heterocycles. The van der Waals surface area contributed by atoms with Gasteiger partial charge in [0.05, 0.1) is 12.1 Å². The number of nitrogen functional groups attached to an aromatic ring is 1. The molecule has 0 fully saturated rings. The van der Waals surface area contributed by atoms with E-state index in [1.807, 2.05) is 19.1 Å². The molecule has 0 unspecified atom stereocenters. The van der Waals surface area contributed by atoms with E-state index in [0.29, 0.717) is 16.4 Å². The van der Waals surface area contributed by atoms with Crippen LogP contribution in [0.25, 0.3) is 0 Å². The predicted octanol–water partition coefficient (Wildman–Crippen LogP) is 2.00. The van der Waals surface area contributed by atoms with E-state index in [2.05, 4.69) is 4.98 Å². The van der Waals surface area contributed by atoms with Crippen molar-refractivity contribution in [3.05, 3.63) is 46.5 Å². The maximum absolute atomic E-state index is 11.8. The zero-order valence-corrected chi connectivity index (χ0v) is 11.8. The SMILES string of the molecule is Cc1ccc(C(=O)COC(=O)Cc2csc(N)n2)cc1. The Hall–Kier alpha value is -2.21. The van der Waals surface area contributed by atoms with Crippen LogP contribution in [-0.4, -0.2) is 23.3 Å². The van der Waals surface area contributed by atoms with Gasteiger partial charge in [0.2, 0.25) is 0 Å². The molecule has 0 aliphatic carbocycles. The van der Waals surface area contributed by atoms with E-state index in [1.165, 1.54) is 11.3 Å². The summed E-state index contributed by atoms with van der Waals surface area (Å²) in [6.07, 6.45) is 0.0227. The first-order valence-corrected chi connectivity index (χ1v) is 6.88. The van der Waals surface area contributed by atoms with Crippen LogP contribution in [0.4, 0.5) is 5.13 Å². The number of rotatable bonds is 5. The highest BCUT2D eigenvalue weighted by molar-refractivity contribution is 7.13. The van der Waals surface area contributed by atoms with E-state index < -0.39 is 5.97 Å². The molecule has 0 aliphatic heterocycles. The Labute approximate surface area is 120 Å². The molecule has 104 valence electrons. The number of nitrogens with two attached hydrogens (primary N) is 1. The molecule has 2 aromatic rings. The number of carbonyl (C=O) groups is 2. The number of aryl methyl sites for hydroxylation is 1. The first-order valence-electron chi connectivity index (χ1n) is 6.00. The van der Waals surface area contributed by atoms with Crippen LogP contribution in [0.5, 0.6) is 0 Å². The highest BCUT2D eigenvalue weighted by Gasteiger charge is 2.11. The Morgan fingerprint density at radius 2 is 2.00 bits per heavy atom. The van der Waals surface area contributed by atoms with Crippen LogP contribution in [0, 0.1) is 6.92 Å². The Kier molecular flexibility index (Phi) is 4.47. The van der Waals surface area contributed by atoms with Gasteiger partial charge < -0.3 is 10.5 Å². The molecule has 0 aliphatic rings. The maximum atomic E-state index is 11.8. The van der Waals surface area contributed by atoms with Crippen LogP contribution in [-0.2, 0) is 16.0 Å². The molecule has 0 amide bonds. The van der Waals surface area contributed by atoms with Gasteiger partial charge in [0.15, 0.2) is 17.5 Å². The lowest BCUT2D eigenvalue weighted by Gasteiger charge is -2.03. The van der Waals surface area contributed by atoms with Gasteiger partial charge in [-0.05, 0) is 6.92 Å². The van der Waals surface area contributed by atoms with Crippen molar-refractivity contribution in [2.45, 2.75) is 13.3 Å². The molecule has 0 spiro atoms. The van der Waals surface area contributed by atoms with Crippen LogP contribution in [0.1, 0.15) is 21.6 Å². The minimum atomic E-state index is -0.490. The van der Waals surface area contributed by atoms with Gasteiger partial charge in [0, 0.05) is 10.9 Å². The summed E-state index contributed by atoms with van der Waals surface area (Å²) in [6, 6.07) is 7.11. The molecule has 20 heavy (non-hydrogen) atoms. The van der Waals surface area contributed by atoms with Crippen molar-refractivity contribution in [2.75, 3.05) is 12.3 Å². The molecule has 2 N–H and O–H groups in total. The quantitative estimate of drug-likeness (QED) is 0.672. The van der Waals surface area contributed by atoms with Gasteiger partial charge in [-0.3, -0.25) is 9.59 Å².